The molecule has 2 heterocycles. The largest absolute Gasteiger partial charge is 0.462 e. The number of likely N-dealkylation sites (tertiary alicyclic amines) is 1. The second-order valence-corrected chi connectivity index (χ2v) is 5.52. The number of hydrogen-bond acceptors (Lipinski definition) is 5. The summed E-state index contributed by atoms with van der Waals surface area (Å²) in [6.45, 7) is 5.84. The van der Waals surface area contributed by atoms with E-state index in [0.717, 1.165) is 44.8 Å². The summed E-state index contributed by atoms with van der Waals surface area (Å²) in [4.78, 5) is 14.3. The third-order valence-corrected chi connectivity index (χ3v) is 4.04. The SMILES string of the molecule is CCOC(=O)c1cnn(C)c1CN1CCC(COC)CC1. The maximum Gasteiger partial charge on any atom is 0.341 e. The normalized spacial score (nSPS) is 17.1. The molecule has 0 aromatic carbocycles. The maximum atomic E-state index is 11.9. The molecule has 21 heavy (non-hydrogen) atoms. The Morgan fingerprint density at radius 3 is 2.76 bits per heavy atom. The molecular formula is C15H25N3O3. The van der Waals surface area contributed by atoms with E-state index in [0.29, 0.717) is 18.1 Å². The lowest BCUT2D eigenvalue weighted by Crippen LogP contribution is -2.35. The predicted octanol–water partition coefficient (Wildman–Crippen LogP) is 1.46. The van der Waals surface area contributed by atoms with E-state index in [2.05, 4.69) is 10.00 Å². The Bertz CT molecular complexity index is 465. The predicted molar refractivity (Wildman–Crippen MR) is 79.0 cm³/mol. The number of nitrogens with zero attached hydrogens (tertiary/aromatic N) is 3. The van der Waals surface area contributed by atoms with Crippen LogP contribution in [-0.2, 0) is 23.1 Å². The first kappa shape index (κ1) is 16.0. The monoisotopic (exact) mass is 295 g/mol. The van der Waals surface area contributed by atoms with Crippen molar-refractivity contribution >= 4 is 5.97 Å². The van der Waals surface area contributed by atoms with Crippen molar-refractivity contribution in [1.29, 1.82) is 0 Å². The van der Waals surface area contributed by atoms with Crippen LogP contribution in [-0.4, -0.2) is 54.1 Å². The third-order valence-electron chi connectivity index (χ3n) is 4.04. The average molecular weight is 295 g/mol. The van der Waals surface area contributed by atoms with Crippen molar-refractivity contribution in [2.45, 2.75) is 26.3 Å². The Balaban J connectivity index is 1.97. The number of carbonyl (C=O) groups is 1. The Kier molecular flexibility index (Phi) is 5.76. The zero-order chi connectivity index (χ0) is 15.2. The van der Waals surface area contributed by atoms with Gasteiger partial charge in [-0.05, 0) is 38.8 Å². The van der Waals surface area contributed by atoms with Crippen molar-refractivity contribution in [3.05, 3.63) is 17.5 Å². The Morgan fingerprint density at radius 2 is 2.14 bits per heavy atom. The van der Waals surface area contributed by atoms with Crippen molar-refractivity contribution in [3.8, 4) is 0 Å². The lowest BCUT2D eigenvalue weighted by molar-refractivity contribution is 0.0522. The van der Waals surface area contributed by atoms with Crippen molar-refractivity contribution in [3.63, 3.8) is 0 Å². The van der Waals surface area contributed by atoms with Gasteiger partial charge in [0, 0.05) is 27.3 Å². The van der Waals surface area contributed by atoms with Crippen LogP contribution < -0.4 is 0 Å². The number of aromatic nitrogens is 2. The summed E-state index contributed by atoms with van der Waals surface area (Å²) in [6.07, 6.45) is 3.88. The van der Waals surface area contributed by atoms with Gasteiger partial charge in [0.05, 0.1) is 18.5 Å². The van der Waals surface area contributed by atoms with Crippen molar-refractivity contribution < 1.29 is 14.3 Å². The van der Waals surface area contributed by atoms with Gasteiger partial charge in [-0.15, -0.1) is 0 Å². The van der Waals surface area contributed by atoms with Gasteiger partial charge in [-0.2, -0.15) is 5.10 Å². The highest BCUT2D eigenvalue weighted by Crippen LogP contribution is 2.20. The molecule has 1 aliphatic heterocycles. The van der Waals surface area contributed by atoms with Crippen LogP contribution in [0, 0.1) is 5.92 Å². The van der Waals surface area contributed by atoms with E-state index in [1.807, 2.05) is 14.0 Å². The number of esters is 1. The fourth-order valence-corrected chi connectivity index (χ4v) is 2.79. The third kappa shape index (κ3) is 4.04. The molecule has 0 atom stereocenters. The molecule has 1 aromatic rings. The van der Waals surface area contributed by atoms with Gasteiger partial charge in [-0.25, -0.2) is 4.79 Å². The summed E-state index contributed by atoms with van der Waals surface area (Å²) in [5.41, 5.74) is 1.51. The van der Waals surface area contributed by atoms with Crippen LogP contribution in [0.25, 0.3) is 0 Å². The summed E-state index contributed by atoms with van der Waals surface area (Å²) in [7, 11) is 3.63. The van der Waals surface area contributed by atoms with E-state index in [1.54, 1.807) is 18.0 Å². The van der Waals surface area contributed by atoms with Gasteiger partial charge in [0.15, 0.2) is 0 Å². The minimum Gasteiger partial charge on any atom is -0.462 e. The highest BCUT2D eigenvalue weighted by Gasteiger charge is 2.23. The summed E-state index contributed by atoms with van der Waals surface area (Å²) in [6, 6.07) is 0. The molecule has 118 valence electrons. The van der Waals surface area contributed by atoms with E-state index < -0.39 is 0 Å². The van der Waals surface area contributed by atoms with E-state index in [1.165, 1.54) is 0 Å². The minimum atomic E-state index is -0.283. The summed E-state index contributed by atoms with van der Waals surface area (Å²) in [5, 5.41) is 4.20. The lowest BCUT2D eigenvalue weighted by Gasteiger charge is -2.31. The zero-order valence-corrected chi connectivity index (χ0v) is 13.2. The Hall–Kier alpha value is -1.40. The fourth-order valence-electron chi connectivity index (χ4n) is 2.79. The molecule has 1 aliphatic rings. The summed E-state index contributed by atoms with van der Waals surface area (Å²) in [5.74, 6) is 0.372. The maximum absolute atomic E-state index is 11.9. The first-order chi connectivity index (χ1) is 10.2. The van der Waals surface area contributed by atoms with Gasteiger partial charge in [-0.1, -0.05) is 0 Å². The molecule has 0 radical (unpaired) electrons. The molecule has 2 rings (SSSR count). The van der Waals surface area contributed by atoms with Crippen LogP contribution in [0.5, 0.6) is 0 Å². The smallest absolute Gasteiger partial charge is 0.341 e. The second kappa shape index (κ2) is 7.56. The molecular weight excluding hydrogens is 270 g/mol. The highest BCUT2D eigenvalue weighted by atomic mass is 16.5. The summed E-state index contributed by atoms with van der Waals surface area (Å²) < 4.78 is 12.1. The van der Waals surface area contributed by atoms with E-state index >= 15 is 0 Å². The number of rotatable bonds is 6. The van der Waals surface area contributed by atoms with Crippen LogP contribution in [0.2, 0.25) is 0 Å². The van der Waals surface area contributed by atoms with Gasteiger partial charge in [-0.3, -0.25) is 9.58 Å². The highest BCUT2D eigenvalue weighted by molar-refractivity contribution is 5.90. The van der Waals surface area contributed by atoms with Gasteiger partial charge in [0.1, 0.15) is 5.56 Å². The van der Waals surface area contributed by atoms with Crippen molar-refractivity contribution in [2.24, 2.45) is 13.0 Å². The molecule has 6 nitrogen and oxygen atoms in total. The number of methoxy groups -OCH3 is 1. The number of piperidine rings is 1. The number of ether oxygens (including phenoxy) is 2. The van der Waals surface area contributed by atoms with Crippen LogP contribution in [0.4, 0.5) is 0 Å². The molecule has 0 unspecified atom stereocenters. The van der Waals surface area contributed by atoms with Crippen LogP contribution in [0.15, 0.2) is 6.20 Å². The first-order valence-electron chi connectivity index (χ1n) is 7.55. The molecule has 0 saturated carbocycles. The molecule has 0 amide bonds. The fraction of sp³-hybridized carbons (Fsp3) is 0.733. The molecule has 0 N–H and O–H groups in total. The molecule has 0 spiro atoms. The van der Waals surface area contributed by atoms with Crippen LogP contribution >= 0.6 is 0 Å². The van der Waals surface area contributed by atoms with Crippen molar-refractivity contribution in [2.75, 3.05) is 33.4 Å². The molecule has 6 heteroatoms. The number of hydrogen-bond donors (Lipinski definition) is 0. The standard InChI is InChI=1S/C15H25N3O3/c1-4-21-15(19)13-9-16-17(2)14(13)10-18-7-5-12(6-8-18)11-20-3/h9,12H,4-8,10-11H2,1-3H3. The topological polar surface area (TPSA) is 56.6 Å². The molecule has 1 fully saturated rings. The Labute approximate surface area is 126 Å². The molecule has 1 aromatic heterocycles. The summed E-state index contributed by atoms with van der Waals surface area (Å²) >= 11 is 0. The average Bonchev–Trinajstić information content (AvgIpc) is 2.83. The van der Waals surface area contributed by atoms with E-state index in [-0.39, 0.29) is 5.97 Å². The van der Waals surface area contributed by atoms with E-state index in [9.17, 15) is 4.79 Å². The van der Waals surface area contributed by atoms with Crippen LogP contribution in [0.1, 0.15) is 35.8 Å². The van der Waals surface area contributed by atoms with Crippen LogP contribution in [0.3, 0.4) is 0 Å². The van der Waals surface area contributed by atoms with Crippen molar-refractivity contribution in [1.82, 2.24) is 14.7 Å². The zero-order valence-electron chi connectivity index (χ0n) is 13.2. The Morgan fingerprint density at radius 1 is 1.43 bits per heavy atom. The second-order valence-electron chi connectivity index (χ2n) is 5.52. The molecule has 1 saturated heterocycles. The van der Waals surface area contributed by atoms with Gasteiger partial charge in [0.25, 0.3) is 0 Å². The lowest BCUT2D eigenvalue weighted by atomic mass is 9.97. The number of aryl methyl sites for hydroxylation is 1. The van der Waals surface area contributed by atoms with E-state index in [4.69, 9.17) is 9.47 Å². The number of carbonyl (C=O) groups excluding carboxylic acids is 1. The minimum absolute atomic E-state index is 0.283. The first-order valence-corrected chi connectivity index (χ1v) is 7.55. The molecule has 0 bridgehead atoms. The van der Waals surface area contributed by atoms with Gasteiger partial charge < -0.3 is 9.47 Å². The van der Waals surface area contributed by atoms with Gasteiger partial charge >= 0.3 is 5.97 Å². The quantitative estimate of drug-likeness (QED) is 0.744. The van der Waals surface area contributed by atoms with Gasteiger partial charge in [0.2, 0.25) is 0 Å². The molecule has 0 aliphatic carbocycles.